The van der Waals surface area contributed by atoms with E-state index >= 15 is 0 Å². The minimum absolute atomic E-state index is 0.0859. The predicted octanol–water partition coefficient (Wildman–Crippen LogP) is 7.03. The van der Waals surface area contributed by atoms with Gasteiger partial charge in [-0.1, -0.05) is 65.3 Å². The van der Waals surface area contributed by atoms with Gasteiger partial charge in [0.15, 0.2) is 5.16 Å². The van der Waals surface area contributed by atoms with Crippen molar-refractivity contribution in [3.63, 3.8) is 0 Å². The van der Waals surface area contributed by atoms with Gasteiger partial charge in [-0.2, -0.15) is 0 Å². The van der Waals surface area contributed by atoms with Crippen LogP contribution in [-0.2, 0) is 0 Å². The third-order valence-corrected chi connectivity index (χ3v) is 7.28. The number of hydrogen-bond donors (Lipinski definition) is 1. The van der Waals surface area contributed by atoms with Gasteiger partial charge < -0.3 is 5.11 Å². The van der Waals surface area contributed by atoms with E-state index in [1.165, 1.54) is 0 Å². The zero-order valence-corrected chi connectivity index (χ0v) is 19.7. The van der Waals surface area contributed by atoms with Crippen LogP contribution in [0.15, 0.2) is 78.0 Å². The maximum absolute atomic E-state index is 11.6. The van der Waals surface area contributed by atoms with Gasteiger partial charge in [0.2, 0.25) is 0 Å². The molecule has 166 valence electrons. The number of thioether (sulfide) groups is 1. The molecular weight excluding hydrogens is 477 g/mol. The van der Waals surface area contributed by atoms with Crippen LogP contribution in [0.4, 0.5) is 0 Å². The zero-order valence-electron chi connectivity index (χ0n) is 17.4. The Kier molecular flexibility index (Phi) is 6.15. The standard InChI is InChI=1S/C25H19Cl2N3O2S/c26-19-10-6-15(7-11-19)22(16-8-12-20(27)13-9-16)33-25-29-28-23(17-4-5-17)30(25)21-3-1-2-18(14-21)24(31)32/h1-3,6-14,17,22H,4-5H2,(H,31,32). The molecule has 0 radical (unpaired) electrons. The topological polar surface area (TPSA) is 68.0 Å². The Balaban J connectivity index is 1.60. The summed E-state index contributed by atoms with van der Waals surface area (Å²) in [5.41, 5.74) is 3.10. The maximum Gasteiger partial charge on any atom is 0.335 e. The van der Waals surface area contributed by atoms with Gasteiger partial charge in [-0.25, -0.2) is 4.79 Å². The molecule has 0 atom stereocenters. The number of carboxylic acid groups (broad SMARTS) is 1. The monoisotopic (exact) mass is 495 g/mol. The van der Waals surface area contributed by atoms with Crippen molar-refractivity contribution in [2.45, 2.75) is 29.2 Å². The van der Waals surface area contributed by atoms with Gasteiger partial charge in [0.05, 0.1) is 16.5 Å². The van der Waals surface area contributed by atoms with Crippen molar-refractivity contribution < 1.29 is 9.90 Å². The van der Waals surface area contributed by atoms with E-state index in [1.807, 2.05) is 59.2 Å². The molecule has 8 heteroatoms. The lowest BCUT2D eigenvalue weighted by Crippen LogP contribution is -2.06. The second kappa shape index (κ2) is 9.21. The number of hydrogen-bond acceptors (Lipinski definition) is 4. The molecule has 0 bridgehead atoms. The van der Waals surface area contributed by atoms with E-state index < -0.39 is 5.97 Å². The Labute approximate surface area is 205 Å². The first kappa shape index (κ1) is 22.0. The highest BCUT2D eigenvalue weighted by atomic mass is 35.5. The minimum Gasteiger partial charge on any atom is -0.478 e. The zero-order chi connectivity index (χ0) is 22.9. The molecule has 1 N–H and O–H groups in total. The number of benzene rings is 3. The van der Waals surface area contributed by atoms with E-state index in [4.69, 9.17) is 23.2 Å². The summed E-state index contributed by atoms with van der Waals surface area (Å²) >= 11 is 13.8. The molecule has 0 saturated heterocycles. The quantitative estimate of drug-likeness (QED) is 0.278. The van der Waals surface area contributed by atoms with Crippen molar-refractivity contribution in [1.82, 2.24) is 14.8 Å². The number of halogens is 2. The van der Waals surface area contributed by atoms with Crippen LogP contribution in [-0.4, -0.2) is 25.8 Å². The second-order valence-corrected chi connectivity index (χ2v) is 9.85. The second-order valence-electron chi connectivity index (χ2n) is 7.91. The predicted molar refractivity (Wildman–Crippen MR) is 131 cm³/mol. The SMILES string of the molecule is O=C(O)c1cccc(-n2c(SC(c3ccc(Cl)cc3)c3ccc(Cl)cc3)nnc2C2CC2)c1. The number of nitrogens with zero attached hydrogens (tertiary/aromatic N) is 3. The lowest BCUT2D eigenvalue weighted by Gasteiger charge is -2.19. The largest absolute Gasteiger partial charge is 0.478 e. The molecule has 0 unspecified atom stereocenters. The Morgan fingerprint density at radius 1 is 0.939 bits per heavy atom. The molecule has 0 spiro atoms. The molecule has 4 aromatic rings. The van der Waals surface area contributed by atoms with Crippen molar-refractivity contribution >= 4 is 40.9 Å². The molecule has 1 saturated carbocycles. The maximum atomic E-state index is 11.6. The summed E-state index contributed by atoms with van der Waals surface area (Å²) in [6, 6.07) is 22.4. The van der Waals surface area contributed by atoms with Crippen LogP contribution < -0.4 is 0 Å². The van der Waals surface area contributed by atoms with Crippen LogP contribution in [0.3, 0.4) is 0 Å². The molecule has 0 amide bonds. The highest BCUT2D eigenvalue weighted by Gasteiger charge is 2.32. The molecule has 0 aliphatic heterocycles. The van der Waals surface area contributed by atoms with Crippen LogP contribution in [0, 0.1) is 0 Å². The van der Waals surface area contributed by atoms with E-state index in [-0.39, 0.29) is 10.8 Å². The summed E-state index contributed by atoms with van der Waals surface area (Å²) in [7, 11) is 0. The Hall–Kier alpha value is -2.80. The van der Waals surface area contributed by atoms with Gasteiger partial charge in [-0.3, -0.25) is 4.57 Å². The fraction of sp³-hybridized carbons (Fsp3) is 0.160. The van der Waals surface area contributed by atoms with Crippen molar-refractivity contribution in [2.75, 3.05) is 0 Å². The smallest absolute Gasteiger partial charge is 0.335 e. The van der Waals surface area contributed by atoms with Gasteiger partial charge in [-0.15, -0.1) is 10.2 Å². The average Bonchev–Trinajstić information content (AvgIpc) is 3.58. The number of aromatic nitrogens is 3. The van der Waals surface area contributed by atoms with Crippen LogP contribution in [0.25, 0.3) is 5.69 Å². The first-order valence-electron chi connectivity index (χ1n) is 10.5. The molecule has 1 fully saturated rings. The van der Waals surface area contributed by atoms with Gasteiger partial charge in [0.25, 0.3) is 0 Å². The Morgan fingerprint density at radius 2 is 1.55 bits per heavy atom. The third kappa shape index (κ3) is 4.78. The number of carbonyl (C=O) groups is 1. The van der Waals surface area contributed by atoms with E-state index in [2.05, 4.69) is 10.2 Å². The van der Waals surface area contributed by atoms with Crippen molar-refractivity contribution in [3.8, 4) is 5.69 Å². The van der Waals surface area contributed by atoms with Gasteiger partial charge in [0.1, 0.15) is 5.82 Å². The first-order valence-corrected chi connectivity index (χ1v) is 12.1. The fourth-order valence-electron chi connectivity index (χ4n) is 3.69. The van der Waals surface area contributed by atoms with Gasteiger partial charge in [-0.05, 0) is 66.4 Å². The number of carboxylic acids is 1. The molecule has 5 nitrogen and oxygen atoms in total. The highest BCUT2D eigenvalue weighted by molar-refractivity contribution is 7.99. The molecule has 1 aliphatic carbocycles. The average molecular weight is 496 g/mol. The lowest BCUT2D eigenvalue weighted by atomic mass is 10.0. The summed E-state index contributed by atoms with van der Waals surface area (Å²) < 4.78 is 1.99. The fourth-order valence-corrected chi connectivity index (χ4v) is 5.13. The molecule has 1 heterocycles. The minimum atomic E-state index is -0.965. The normalized spacial score (nSPS) is 13.4. The van der Waals surface area contributed by atoms with Crippen molar-refractivity contribution in [3.05, 3.63) is 105 Å². The van der Waals surface area contributed by atoms with E-state index in [0.29, 0.717) is 21.1 Å². The van der Waals surface area contributed by atoms with Crippen LogP contribution in [0.2, 0.25) is 10.0 Å². The van der Waals surface area contributed by atoms with Crippen LogP contribution in [0.5, 0.6) is 0 Å². The lowest BCUT2D eigenvalue weighted by molar-refractivity contribution is 0.0697. The van der Waals surface area contributed by atoms with Gasteiger partial charge in [0, 0.05) is 16.0 Å². The number of aromatic carboxylic acids is 1. The Morgan fingerprint density at radius 3 is 2.09 bits per heavy atom. The molecule has 33 heavy (non-hydrogen) atoms. The van der Waals surface area contributed by atoms with Crippen molar-refractivity contribution in [1.29, 1.82) is 0 Å². The Bertz CT molecular complexity index is 1260. The first-order chi connectivity index (χ1) is 16.0. The summed E-state index contributed by atoms with van der Waals surface area (Å²) in [5.74, 6) is 0.239. The number of rotatable bonds is 7. The summed E-state index contributed by atoms with van der Waals surface area (Å²) in [5, 5.41) is 20.5. The molecule has 3 aromatic carbocycles. The molecule has 5 rings (SSSR count). The van der Waals surface area contributed by atoms with Gasteiger partial charge >= 0.3 is 5.97 Å². The van der Waals surface area contributed by atoms with Crippen molar-refractivity contribution in [2.24, 2.45) is 0 Å². The highest BCUT2D eigenvalue weighted by Crippen LogP contribution is 2.45. The summed E-state index contributed by atoms with van der Waals surface area (Å²) in [4.78, 5) is 11.6. The van der Waals surface area contributed by atoms with Crippen LogP contribution >= 0.6 is 35.0 Å². The summed E-state index contributed by atoms with van der Waals surface area (Å²) in [6.45, 7) is 0. The summed E-state index contributed by atoms with van der Waals surface area (Å²) in [6.07, 6.45) is 2.11. The van der Waals surface area contributed by atoms with E-state index in [9.17, 15) is 9.90 Å². The third-order valence-electron chi connectivity index (χ3n) is 5.52. The molecular formula is C25H19Cl2N3O2S. The molecule has 1 aliphatic rings. The molecule has 1 aromatic heterocycles. The van der Waals surface area contributed by atoms with E-state index in [0.717, 1.165) is 35.5 Å². The van der Waals surface area contributed by atoms with E-state index in [1.54, 1.807) is 30.0 Å². The van der Waals surface area contributed by atoms with Crippen LogP contribution in [0.1, 0.15) is 51.3 Å².